The Morgan fingerprint density at radius 3 is 2.12 bits per heavy atom. The average molecular weight is 457 g/mol. The molecule has 26 heavy (non-hydrogen) atoms. The highest BCUT2D eigenvalue weighted by Crippen LogP contribution is 2.27. The molecule has 140 valence electrons. The molecule has 1 N–H and O–H groups in total. The van der Waals surface area contributed by atoms with Crippen molar-refractivity contribution in [3.63, 3.8) is 0 Å². The van der Waals surface area contributed by atoms with Gasteiger partial charge in [0.1, 0.15) is 10.8 Å². The van der Waals surface area contributed by atoms with Gasteiger partial charge in [-0.3, -0.25) is 4.79 Å². The molecular formula is C15H13Cl4N3O3S. The van der Waals surface area contributed by atoms with Gasteiger partial charge in [0.05, 0.1) is 20.0 Å². The fourth-order valence-corrected chi connectivity index (χ4v) is 4.73. The van der Waals surface area contributed by atoms with Crippen molar-refractivity contribution in [2.45, 2.75) is 4.90 Å². The van der Waals surface area contributed by atoms with Crippen LogP contribution in [0.15, 0.2) is 29.2 Å². The van der Waals surface area contributed by atoms with Crippen LogP contribution in [0, 0.1) is 0 Å². The number of nitrogens with one attached hydrogen (secondary N) is 1. The maximum Gasteiger partial charge on any atom is 0.270 e. The Labute approximate surface area is 170 Å². The van der Waals surface area contributed by atoms with Gasteiger partial charge in [-0.1, -0.05) is 46.4 Å². The van der Waals surface area contributed by atoms with E-state index in [2.05, 4.69) is 4.98 Å². The predicted octanol–water partition coefficient (Wildman–Crippen LogP) is 3.78. The van der Waals surface area contributed by atoms with Crippen molar-refractivity contribution < 1.29 is 13.2 Å². The zero-order valence-corrected chi connectivity index (χ0v) is 17.0. The maximum absolute atomic E-state index is 12.7. The Morgan fingerprint density at radius 1 is 0.923 bits per heavy atom. The molecule has 0 saturated carbocycles. The van der Waals surface area contributed by atoms with Crippen molar-refractivity contribution in [1.29, 1.82) is 0 Å². The number of piperazine rings is 1. The van der Waals surface area contributed by atoms with E-state index in [1.807, 2.05) is 0 Å². The molecule has 1 saturated heterocycles. The highest BCUT2D eigenvalue weighted by atomic mass is 35.5. The zero-order valence-electron chi connectivity index (χ0n) is 13.2. The lowest BCUT2D eigenvalue weighted by molar-refractivity contribution is 0.0692. The maximum atomic E-state index is 12.7. The number of halogens is 4. The molecule has 2 aromatic rings. The summed E-state index contributed by atoms with van der Waals surface area (Å²) in [5.74, 6) is -0.287. The molecular weight excluding hydrogens is 444 g/mol. The van der Waals surface area contributed by atoms with Gasteiger partial charge in [0.2, 0.25) is 10.0 Å². The Morgan fingerprint density at radius 2 is 1.58 bits per heavy atom. The second kappa shape index (κ2) is 7.58. The van der Waals surface area contributed by atoms with Crippen LogP contribution in [0.25, 0.3) is 0 Å². The van der Waals surface area contributed by atoms with Crippen LogP contribution in [0.2, 0.25) is 20.2 Å². The molecule has 0 radical (unpaired) electrons. The molecule has 0 atom stereocenters. The van der Waals surface area contributed by atoms with E-state index < -0.39 is 10.0 Å². The Bertz CT molecular complexity index is 934. The summed E-state index contributed by atoms with van der Waals surface area (Å²) in [5, 5.41) is 0.901. The normalized spacial score (nSPS) is 16.1. The van der Waals surface area contributed by atoms with E-state index in [0.29, 0.717) is 0 Å². The van der Waals surface area contributed by atoms with Crippen molar-refractivity contribution in [2.24, 2.45) is 0 Å². The van der Waals surface area contributed by atoms with E-state index in [0.717, 1.165) is 0 Å². The summed E-state index contributed by atoms with van der Waals surface area (Å²) >= 11 is 23.4. The Hall–Kier alpha value is -0.960. The summed E-state index contributed by atoms with van der Waals surface area (Å²) < 4.78 is 26.8. The van der Waals surface area contributed by atoms with Crippen molar-refractivity contribution in [3.05, 3.63) is 50.2 Å². The quantitative estimate of drug-likeness (QED) is 0.763. The van der Waals surface area contributed by atoms with Gasteiger partial charge in [-0.2, -0.15) is 4.31 Å². The van der Waals surface area contributed by atoms with Gasteiger partial charge in [-0.15, -0.1) is 0 Å². The number of hydrogen-bond donors (Lipinski definition) is 1. The van der Waals surface area contributed by atoms with E-state index in [9.17, 15) is 13.2 Å². The third-order valence-corrected chi connectivity index (χ3v) is 7.34. The first-order valence-corrected chi connectivity index (χ1v) is 10.4. The molecule has 0 bridgehead atoms. The number of amides is 1. The molecule has 1 fully saturated rings. The topological polar surface area (TPSA) is 73.5 Å². The minimum absolute atomic E-state index is 0.0645. The summed E-state index contributed by atoms with van der Waals surface area (Å²) in [6, 6.07) is 5.62. The zero-order chi connectivity index (χ0) is 19.1. The van der Waals surface area contributed by atoms with Crippen LogP contribution < -0.4 is 0 Å². The van der Waals surface area contributed by atoms with Gasteiger partial charge in [-0.05, 0) is 24.3 Å². The Kier molecular flexibility index (Phi) is 5.77. The summed E-state index contributed by atoms with van der Waals surface area (Å²) in [4.78, 5) is 16.8. The number of carbonyl (C=O) groups excluding carboxylic acids is 1. The van der Waals surface area contributed by atoms with E-state index in [-0.39, 0.29) is 62.9 Å². The Balaban J connectivity index is 1.71. The van der Waals surface area contributed by atoms with Crippen LogP contribution in [-0.2, 0) is 10.0 Å². The second-order valence-electron chi connectivity index (χ2n) is 5.62. The second-order valence-corrected chi connectivity index (χ2v) is 9.15. The van der Waals surface area contributed by atoms with Crippen molar-refractivity contribution in [1.82, 2.24) is 14.2 Å². The summed E-state index contributed by atoms with van der Waals surface area (Å²) in [6.45, 7) is 0.814. The van der Waals surface area contributed by atoms with Crippen LogP contribution in [0.4, 0.5) is 0 Å². The van der Waals surface area contributed by atoms with Gasteiger partial charge in [0, 0.05) is 26.2 Å². The lowest BCUT2D eigenvalue weighted by atomic mass is 10.3. The van der Waals surface area contributed by atoms with Crippen LogP contribution in [-0.4, -0.2) is 54.7 Å². The number of aromatic amines is 1. The molecule has 0 spiro atoms. The first kappa shape index (κ1) is 19.8. The van der Waals surface area contributed by atoms with Crippen LogP contribution in [0.3, 0.4) is 0 Å². The van der Waals surface area contributed by atoms with Gasteiger partial charge < -0.3 is 9.88 Å². The van der Waals surface area contributed by atoms with Crippen LogP contribution in [0.1, 0.15) is 10.5 Å². The van der Waals surface area contributed by atoms with Gasteiger partial charge >= 0.3 is 0 Å². The SMILES string of the molecule is O=C(c1cc(Cl)c(Cl)[nH]1)N1CCN(S(=O)(=O)c2ccc(Cl)c(Cl)c2)CC1. The highest BCUT2D eigenvalue weighted by molar-refractivity contribution is 7.89. The number of aromatic nitrogens is 1. The molecule has 11 heteroatoms. The number of hydrogen-bond acceptors (Lipinski definition) is 3. The van der Waals surface area contributed by atoms with Crippen LogP contribution in [0.5, 0.6) is 0 Å². The molecule has 1 amide bonds. The molecule has 1 aliphatic heterocycles. The van der Waals surface area contributed by atoms with Crippen molar-refractivity contribution >= 4 is 62.3 Å². The third-order valence-electron chi connectivity index (χ3n) is 4.01. The monoisotopic (exact) mass is 455 g/mol. The van der Waals surface area contributed by atoms with E-state index in [1.54, 1.807) is 4.90 Å². The largest absolute Gasteiger partial charge is 0.340 e. The van der Waals surface area contributed by atoms with E-state index in [4.69, 9.17) is 46.4 Å². The minimum atomic E-state index is -3.72. The van der Waals surface area contributed by atoms with Crippen molar-refractivity contribution in [3.8, 4) is 0 Å². The summed E-state index contributed by atoms with van der Waals surface area (Å²) in [5.41, 5.74) is 0.265. The number of benzene rings is 1. The van der Waals surface area contributed by atoms with Gasteiger partial charge in [-0.25, -0.2) is 8.42 Å². The number of nitrogens with zero attached hydrogens (tertiary/aromatic N) is 2. The van der Waals surface area contributed by atoms with Gasteiger partial charge in [0.15, 0.2) is 0 Å². The first-order chi connectivity index (χ1) is 12.2. The standard InChI is InChI=1S/C15H13Cl4N3O3S/c16-10-2-1-9(7-11(10)17)26(24,25)22-5-3-21(4-6-22)15(23)13-8-12(18)14(19)20-13/h1-2,7-8,20H,3-6H2. The van der Waals surface area contributed by atoms with Gasteiger partial charge in [0.25, 0.3) is 5.91 Å². The molecule has 1 aromatic heterocycles. The first-order valence-electron chi connectivity index (χ1n) is 7.48. The lowest BCUT2D eigenvalue weighted by Gasteiger charge is -2.33. The molecule has 1 aliphatic rings. The molecule has 2 heterocycles. The summed E-state index contributed by atoms with van der Waals surface area (Å²) in [7, 11) is -3.72. The summed E-state index contributed by atoms with van der Waals surface area (Å²) in [6.07, 6.45) is 0. The van der Waals surface area contributed by atoms with Crippen LogP contribution >= 0.6 is 46.4 Å². The molecule has 1 aromatic carbocycles. The van der Waals surface area contributed by atoms with E-state index >= 15 is 0 Å². The fourth-order valence-electron chi connectivity index (χ4n) is 2.61. The molecule has 0 aliphatic carbocycles. The lowest BCUT2D eigenvalue weighted by Crippen LogP contribution is -2.50. The van der Waals surface area contributed by atoms with Crippen molar-refractivity contribution in [2.75, 3.05) is 26.2 Å². The molecule has 0 unspecified atom stereocenters. The average Bonchev–Trinajstić information content (AvgIpc) is 2.95. The number of rotatable bonds is 3. The fraction of sp³-hybridized carbons (Fsp3) is 0.267. The number of carbonyl (C=O) groups is 1. The molecule has 3 rings (SSSR count). The third kappa shape index (κ3) is 3.83. The van der Waals surface area contributed by atoms with E-state index in [1.165, 1.54) is 28.6 Å². The number of H-pyrrole nitrogens is 1. The minimum Gasteiger partial charge on any atom is -0.340 e. The molecule has 6 nitrogen and oxygen atoms in total. The smallest absolute Gasteiger partial charge is 0.270 e. The predicted molar refractivity (Wildman–Crippen MR) is 102 cm³/mol. The highest BCUT2D eigenvalue weighted by Gasteiger charge is 2.31. The number of sulfonamides is 1.